The van der Waals surface area contributed by atoms with E-state index in [0.717, 1.165) is 95.2 Å². The second-order valence-electron chi connectivity index (χ2n) is 25.6. The van der Waals surface area contributed by atoms with Crippen LogP contribution in [0, 0.1) is 0 Å². The van der Waals surface area contributed by atoms with Crippen molar-refractivity contribution >= 4 is 151 Å². The summed E-state index contributed by atoms with van der Waals surface area (Å²) in [4.78, 5) is 46.4. The molecule has 660 valence electrons. The molecule has 0 N–H and O–H groups in total. The molecule has 0 fully saturated rings. The van der Waals surface area contributed by atoms with E-state index < -0.39 is 11.7 Å². The zero-order chi connectivity index (χ0) is 91.6. The summed E-state index contributed by atoms with van der Waals surface area (Å²) in [6, 6.07) is 114. The van der Waals surface area contributed by atoms with Gasteiger partial charge in [0.15, 0.2) is 30.5 Å². The summed E-state index contributed by atoms with van der Waals surface area (Å²) in [7, 11) is 3.65. The smallest absolute Gasteiger partial charge is 0.416 e. The van der Waals surface area contributed by atoms with E-state index in [9.17, 15) is 13.2 Å². The third-order valence-corrected chi connectivity index (χ3v) is 24.7. The Morgan fingerprint density at radius 1 is 0.359 bits per heavy atom. The maximum atomic E-state index is 12.3. The predicted molar refractivity (Wildman–Crippen MR) is 532 cm³/mol. The number of oxazole rings is 1. The molecule has 0 amide bonds. The number of ether oxygens (including phenoxy) is 1. The molecule has 0 aliphatic carbocycles. The molecular formula is C98H83F3N16O3S11. The number of nitrogens with zero attached hydrogens (tertiary/aromatic N) is 16. The molecule has 12 aromatic carbocycles. The van der Waals surface area contributed by atoms with E-state index in [1.807, 2.05) is 303 Å². The van der Waals surface area contributed by atoms with E-state index in [2.05, 4.69) is 138 Å². The second kappa shape index (κ2) is 56.4. The third-order valence-electron chi connectivity index (χ3n) is 16.2. The topological polar surface area (TPSA) is 226 Å². The third kappa shape index (κ3) is 35.5. The quantitative estimate of drug-likeness (QED) is 0.0586. The van der Waals surface area contributed by atoms with Crippen LogP contribution in [0.5, 0.6) is 5.75 Å². The summed E-state index contributed by atoms with van der Waals surface area (Å²) in [5, 5.41) is 25.0. The molecule has 0 aliphatic heterocycles. The number of aromatic nitrogens is 16. The standard InChI is InChI=1S/C14H10N2OS.C13H10N4S.C13H9NOS.C13H9NS2.C11H7F3N2S.C11H10N2OS.C10H10N2S.C10H8N2S.C2H6S.CH4S/c1-3-7-11(8-4-1)13-15-16-14(17-13)18-12-9-5-2-6-10-12;1-3-7-11(8-4-1)17-13(14-15-16-17)18-12-9-5-2-6-10-12;1-2-6-10(7-3-1)16-13-14-11-8-4-5-9-12(11)15-13;1-2-6-10(7-3-1)15-13-14-11-8-4-5-9-12(11)16-13;12-11(13,14)8-2-4-9(5-3-8)17-10-15-6-1-7-16-10;1-14-9-3-5-10(6-4-9)15-11-12-7-2-8-13-11;1-12-8-7-11-10(12)13-9-5-3-2-4-6-9;1-2-5-9(6-3-1)13-10-11-7-4-8-12-10;1-3-2;1-2/h2*1-10H;2*1-9H;1-7H;2-8H,1H3;2-8H,1H3;1-8H;1-2H3;2H,1H3. The molecule has 0 radical (unpaired) electrons. The van der Waals surface area contributed by atoms with E-state index in [1.165, 1.54) is 73.7 Å². The van der Waals surface area contributed by atoms with Gasteiger partial charge in [0, 0.05) is 101 Å². The fraction of sp³-hybridized carbons (Fsp3) is 0.0612. The molecule has 0 saturated carbocycles. The van der Waals surface area contributed by atoms with Gasteiger partial charge in [0.25, 0.3) is 10.4 Å². The molecule has 8 aromatic heterocycles. The number of fused-ring (bicyclic) bond motifs is 2. The van der Waals surface area contributed by atoms with Crippen LogP contribution in [0.2, 0.25) is 0 Å². The van der Waals surface area contributed by atoms with E-state index in [1.54, 1.807) is 138 Å². The van der Waals surface area contributed by atoms with Gasteiger partial charge in [-0.2, -0.15) is 42.2 Å². The summed E-state index contributed by atoms with van der Waals surface area (Å²) in [5.41, 5.74) is 4.06. The van der Waals surface area contributed by atoms with Crippen LogP contribution in [0.15, 0.2) is 496 Å². The van der Waals surface area contributed by atoms with Gasteiger partial charge in [0.1, 0.15) is 11.3 Å². The fourth-order valence-electron chi connectivity index (χ4n) is 10.3. The molecule has 131 heavy (non-hydrogen) atoms. The number of para-hydroxylation sites is 4. The minimum Gasteiger partial charge on any atom is -0.497 e. The zero-order valence-electron chi connectivity index (χ0n) is 70.7. The molecule has 20 rings (SSSR count). The Hall–Kier alpha value is -12.3. The fourth-order valence-corrected chi connectivity index (χ4v) is 17.6. The maximum absolute atomic E-state index is 12.3. The number of thioether (sulfide) groups is 1. The number of methoxy groups -OCH3 is 1. The van der Waals surface area contributed by atoms with Gasteiger partial charge in [-0.05, 0) is 288 Å². The van der Waals surface area contributed by atoms with Crippen molar-refractivity contribution in [1.82, 2.24) is 79.8 Å². The van der Waals surface area contributed by atoms with Crippen molar-refractivity contribution in [1.29, 1.82) is 0 Å². The highest BCUT2D eigenvalue weighted by Crippen LogP contribution is 2.37. The number of tetrazole rings is 1. The summed E-state index contributed by atoms with van der Waals surface area (Å²) in [5.74, 6) is 1.40. The highest BCUT2D eigenvalue weighted by Gasteiger charge is 2.30. The Balaban J connectivity index is 0.000000144. The summed E-state index contributed by atoms with van der Waals surface area (Å²) in [6.07, 6.45) is 15.4. The van der Waals surface area contributed by atoms with Crippen molar-refractivity contribution in [3.05, 3.63) is 413 Å². The average molecular weight is 1940 g/mol. The van der Waals surface area contributed by atoms with Crippen LogP contribution in [0.3, 0.4) is 0 Å². The van der Waals surface area contributed by atoms with Gasteiger partial charge in [0.05, 0.1) is 28.6 Å². The lowest BCUT2D eigenvalue weighted by molar-refractivity contribution is -0.137. The molecule has 0 atom stereocenters. The van der Waals surface area contributed by atoms with Crippen LogP contribution in [0.4, 0.5) is 13.2 Å². The van der Waals surface area contributed by atoms with Gasteiger partial charge in [0.2, 0.25) is 11.0 Å². The normalized spacial score (nSPS) is 10.3. The molecule has 0 bridgehead atoms. The lowest BCUT2D eigenvalue weighted by Crippen LogP contribution is -2.03. The van der Waals surface area contributed by atoms with E-state index >= 15 is 0 Å². The number of halogens is 3. The molecule has 33 heteroatoms. The van der Waals surface area contributed by atoms with Gasteiger partial charge in [-0.1, -0.05) is 193 Å². The maximum Gasteiger partial charge on any atom is 0.416 e. The number of hydrogen-bond acceptors (Lipinski definition) is 28. The number of alkyl halides is 3. The Bertz CT molecular complexity index is 6270. The number of aryl methyl sites for hydroxylation is 1. The molecule has 19 nitrogen and oxygen atoms in total. The van der Waals surface area contributed by atoms with Crippen LogP contribution >= 0.6 is 130 Å². The summed E-state index contributed by atoms with van der Waals surface area (Å²) >= 11 is 19.3. The number of hydrogen-bond donors (Lipinski definition) is 1. The first-order chi connectivity index (χ1) is 64.3. The molecule has 0 aliphatic rings. The first-order valence-corrected chi connectivity index (χ1v) is 49.3. The van der Waals surface area contributed by atoms with Gasteiger partial charge in [-0.3, -0.25) is 0 Å². The Kier molecular flexibility index (Phi) is 42.7. The zero-order valence-corrected chi connectivity index (χ0v) is 79.8. The van der Waals surface area contributed by atoms with Crippen molar-refractivity contribution in [2.24, 2.45) is 7.05 Å². The minimum atomic E-state index is -4.30. The van der Waals surface area contributed by atoms with Crippen molar-refractivity contribution in [2.45, 2.75) is 85.9 Å². The lowest BCUT2D eigenvalue weighted by atomic mass is 10.2. The lowest BCUT2D eigenvalue weighted by Gasteiger charge is -2.06. The van der Waals surface area contributed by atoms with Crippen molar-refractivity contribution in [3.8, 4) is 22.9 Å². The second-order valence-corrected chi connectivity index (χ2v) is 36.0. The summed E-state index contributed by atoms with van der Waals surface area (Å²) < 4.78 is 59.4. The average Bonchev–Trinajstić information content (AvgIpc) is 1.62. The van der Waals surface area contributed by atoms with Crippen LogP contribution < -0.4 is 4.74 Å². The van der Waals surface area contributed by atoms with Crippen LogP contribution in [-0.2, 0) is 13.2 Å². The molecule has 0 saturated heterocycles. The van der Waals surface area contributed by atoms with Crippen LogP contribution in [-0.4, -0.2) is 106 Å². The van der Waals surface area contributed by atoms with E-state index in [4.69, 9.17) is 13.6 Å². The van der Waals surface area contributed by atoms with E-state index in [-0.39, 0.29) is 0 Å². The monoisotopic (exact) mass is 1940 g/mol. The molecular weight excluding hydrogens is 1860 g/mol. The van der Waals surface area contributed by atoms with Crippen molar-refractivity contribution in [3.63, 3.8) is 0 Å². The largest absolute Gasteiger partial charge is 0.497 e. The Morgan fingerprint density at radius 2 is 0.748 bits per heavy atom. The minimum absolute atomic E-state index is 0.507. The first-order valence-electron chi connectivity index (χ1n) is 39.5. The number of thiazole rings is 1. The predicted octanol–water partition coefficient (Wildman–Crippen LogP) is 28.1. The highest BCUT2D eigenvalue weighted by atomic mass is 32.2. The van der Waals surface area contributed by atoms with Crippen molar-refractivity contribution < 1.29 is 26.7 Å². The van der Waals surface area contributed by atoms with E-state index in [0.29, 0.717) is 26.4 Å². The van der Waals surface area contributed by atoms with Gasteiger partial charge >= 0.3 is 6.18 Å². The molecule has 0 spiro atoms. The van der Waals surface area contributed by atoms with Gasteiger partial charge in [-0.25, -0.2) is 44.9 Å². The van der Waals surface area contributed by atoms with Crippen LogP contribution in [0.25, 0.3) is 38.5 Å². The highest BCUT2D eigenvalue weighted by molar-refractivity contribution is 8.01. The number of imidazole rings is 1. The molecule has 8 heterocycles. The van der Waals surface area contributed by atoms with Crippen molar-refractivity contribution in [2.75, 3.05) is 25.9 Å². The van der Waals surface area contributed by atoms with Crippen LogP contribution in [0.1, 0.15) is 5.56 Å². The Morgan fingerprint density at radius 3 is 1.19 bits per heavy atom. The first kappa shape index (κ1) is 99.3. The number of thiol groups is 1. The Labute approximate surface area is 805 Å². The summed E-state index contributed by atoms with van der Waals surface area (Å²) in [6.45, 7) is 0. The SMILES string of the molecule is COc1ccc(Sc2ncccn2)cc1.CS.CSC.Cn1ccnc1Sc1ccccc1.FC(F)(F)c1ccc(Sc2ncccn2)cc1.c1ccc(Sc2nc3ccccc3o2)cc1.c1ccc(Sc2nc3ccccc3s2)cc1.c1ccc(Sc2ncccn2)cc1.c1ccc(Sc2nnc(-c3ccccc3)o2)cc1.c1ccc(Sc2nnnn2-c2ccccc2)cc1. The number of benzene rings is 12. The molecule has 20 aromatic rings. The van der Waals surface area contributed by atoms with Gasteiger partial charge < -0.3 is 18.1 Å². The molecule has 0 unspecified atom stereocenters. The van der Waals surface area contributed by atoms with Gasteiger partial charge in [-0.15, -0.1) is 26.6 Å². The number of rotatable bonds is 19.